The van der Waals surface area contributed by atoms with Crippen LogP contribution in [-0.2, 0) is 4.79 Å². The number of rotatable bonds is 7. The van der Waals surface area contributed by atoms with Gasteiger partial charge in [0.1, 0.15) is 5.54 Å². The molecule has 1 fully saturated rings. The molecule has 1 aromatic rings. The number of hydrogen-bond donors (Lipinski definition) is 2. The molecule has 0 aliphatic heterocycles. The second-order valence-electron chi connectivity index (χ2n) is 5.49. The van der Waals surface area contributed by atoms with Gasteiger partial charge in [-0.2, -0.15) is 0 Å². The van der Waals surface area contributed by atoms with E-state index in [4.69, 9.17) is 0 Å². The standard InChI is InChI=1S/C15H22N2O2S/c1-4-16-15(14(18)19,12-5-6-12)9-20-13-8-10(2)7-11(3)17-13/h7-8,12,16H,4-6,9H2,1-3H3,(H,18,19). The van der Waals surface area contributed by atoms with Gasteiger partial charge in [0, 0.05) is 11.4 Å². The molecule has 0 radical (unpaired) electrons. The number of thioether (sulfide) groups is 1. The first-order valence-corrected chi connectivity index (χ1v) is 8.03. The monoisotopic (exact) mass is 294 g/mol. The van der Waals surface area contributed by atoms with Crippen molar-refractivity contribution in [1.82, 2.24) is 10.3 Å². The van der Waals surface area contributed by atoms with Crippen molar-refractivity contribution < 1.29 is 9.90 Å². The van der Waals surface area contributed by atoms with E-state index in [9.17, 15) is 9.90 Å². The molecule has 1 unspecified atom stereocenters. The molecular formula is C15H22N2O2S. The SMILES string of the molecule is CCNC(CSc1cc(C)cc(C)n1)(C(=O)O)C1CC1. The van der Waals surface area contributed by atoms with E-state index in [1.54, 1.807) is 0 Å². The third-order valence-corrected chi connectivity index (χ3v) is 4.77. The van der Waals surface area contributed by atoms with Crippen LogP contribution in [0.3, 0.4) is 0 Å². The van der Waals surface area contributed by atoms with E-state index in [2.05, 4.69) is 10.3 Å². The number of carbonyl (C=O) groups is 1. The van der Waals surface area contributed by atoms with Crippen molar-refractivity contribution in [3.63, 3.8) is 0 Å². The van der Waals surface area contributed by atoms with Crippen LogP contribution >= 0.6 is 11.8 Å². The lowest BCUT2D eigenvalue weighted by Crippen LogP contribution is -2.56. The van der Waals surface area contributed by atoms with Crippen LogP contribution in [0.5, 0.6) is 0 Å². The van der Waals surface area contributed by atoms with Gasteiger partial charge >= 0.3 is 5.97 Å². The Hall–Kier alpha value is -1.07. The first-order valence-electron chi connectivity index (χ1n) is 7.04. The van der Waals surface area contributed by atoms with Crippen LogP contribution in [0.15, 0.2) is 17.2 Å². The third-order valence-electron chi connectivity index (χ3n) is 3.67. The quantitative estimate of drug-likeness (QED) is 0.757. The maximum absolute atomic E-state index is 11.8. The predicted molar refractivity (Wildman–Crippen MR) is 81.2 cm³/mol. The summed E-state index contributed by atoms with van der Waals surface area (Å²) >= 11 is 1.54. The summed E-state index contributed by atoms with van der Waals surface area (Å²) in [7, 11) is 0. The van der Waals surface area contributed by atoms with E-state index < -0.39 is 11.5 Å². The second kappa shape index (κ2) is 6.14. The van der Waals surface area contributed by atoms with Crippen LogP contribution in [0.2, 0.25) is 0 Å². The van der Waals surface area contributed by atoms with Crippen molar-refractivity contribution in [3.05, 3.63) is 23.4 Å². The number of pyridine rings is 1. The van der Waals surface area contributed by atoms with E-state index in [0.717, 1.165) is 29.1 Å². The van der Waals surface area contributed by atoms with E-state index in [1.807, 2.05) is 32.9 Å². The normalized spacial score (nSPS) is 17.8. The zero-order valence-corrected chi connectivity index (χ0v) is 13.1. The average Bonchev–Trinajstić information content (AvgIpc) is 3.17. The largest absolute Gasteiger partial charge is 0.480 e. The number of nitrogens with zero attached hydrogens (tertiary/aromatic N) is 1. The molecule has 0 spiro atoms. The molecule has 2 rings (SSSR count). The molecule has 4 nitrogen and oxygen atoms in total. The number of carboxylic acid groups (broad SMARTS) is 1. The van der Waals surface area contributed by atoms with Gasteiger partial charge in [-0.3, -0.25) is 4.79 Å². The van der Waals surface area contributed by atoms with Crippen molar-refractivity contribution in [1.29, 1.82) is 0 Å². The predicted octanol–water partition coefficient (Wildman–Crippen LogP) is 2.63. The highest BCUT2D eigenvalue weighted by Gasteiger charge is 2.50. The maximum Gasteiger partial charge on any atom is 0.325 e. The fourth-order valence-electron chi connectivity index (χ4n) is 2.58. The fourth-order valence-corrected chi connectivity index (χ4v) is 3.90. The molecule has 0 saturated heterocycles. The lowest BCUT2D eigenvalue weighted by molar-refractivity contribution is -0.144. The van der Waals surface area contributed by atoms with Gasteiger partial charge in [0.2, 0.25) is 0 Å². The molecule has 1 atom stereocenters. The minimum Gasteiger partial charge on any atom is -0.480 e. The van der Waals surface area contributed by atoms with Crippen LogP contribution in [0, 0.1) is 19.8 Å². The van der Waals surface area contributed by atoms with Crippen molar-refractivity contribution in [2.75, 3.05) is 12.3 Å². The van der Waals surface area contributed by atoms with Gasteiger partial charge in [0.15, 0.2) is 0 Å². The molecule has 0 bridgehead atoms. The molecule has 20 heavy (non-hydrogen) atoms. The summed E-state index contributed by atoms with van der Waals surface area (Å²) in [5.74, 6) is 0.0357. The van der Waals surface area contributed by atoms with Crippen LogP contribution in [0.25, 0.3) is 0 Å². The summed E-state index contributed by atoms with van der Waals surface area (Å²) in [6, 6.07) is 4.04. The number of nitrogens with one attached hydrogen (secondary N) is 1. The summed E-state index contributed by atoms with van der Waals surface area (Å²) < 4.78 is 0. The molecule has 1 aliphatic rings. The Morgan fingerprint density at radius 2 is 2.20 bits per heavy atom. The van der Waals surface area contributed by atoms with Gasteiger partial charge in [0.25, 0.3) is 0 Å². The Morgan fingerprint density at radius 3 is 2.70 bits per heavy atom. The number of aryl methyl sites for hydroxylation is 2. The molecular weight excluding hydrogens is 272 g/mol. The van der Waals surface area contributed by atoms with Crippen LogP contribution in [0.1, 0.15) is 31.0 Å². The molecule has 0 aromatic carbocycles. The zero-order chi connectivity index (χ0) is 14.8. The molecule has 1 aliphatic carbocycles. The summed E-state index contributed by atoms with van der Waals surface area (Å²) in [4.78, 5) is 16.2. The third kappa shape index (κ3) is 3.33. The fraction of sp³-hybridized carbons (Fsp3) is 0.600. The lowest BCUT2D eigenvalue weighted by atomic mass is 9.96. The van der Waals surface area contributed by atoms with Crippen molar-refractivity contribution in [3.8, 4) is 0 Å². The minimum absolute atomic E-state index is 0.248. The number of aliphatic carboxylic acids is 1. The molecule has 110 valence electrons. The maximum atomic E-state index is 11.8. The van der Waals surface area contributed by atoms with Gasteiger partial charge in [-0.1, -0.05) is 6.92 Å². The summed E-state index contributed by atoms with van der Waals surface area (Å²) in [6.45, 7) is 6.63. The van der Waals surface area contributed by atoms with E-state index in [0.29, 0.717) is 12.3 Å². The van der Waals surface area contributed by atoms with Gasteiger partial charge in [0.05, 0.1) is 5.03 Å². The van der Waals surface area contributed by atoms with E-state index in [1.165, 1.54) is 11.8 Å². The van der Waals surface area contributed by atoms with Crippen LogP contribution < -0.4 is 5.32 Å². The highest BCUT2D eigenvalue weighted by Crippen LogP contribution is 2.42. The topological polar surface area (TPSA) is 62.2 Å². The Bertz CT molecular complexity index is 482. The lowest BCUT2D eigenvalue weighted by Gasteiger charge is -2.30. The minimum atomic E-state index is -0.807. The zero-order valence-electron chi connectivity index (χ0n) is 12.3. The van der Waals surface area contributed by atoms with Gasteiger partial charge in [-0.15, -0.1) is 11.8 Å². The number of likely N-dealkylation sites (N-methyl/N-ethyl adjacent to an activating group) is 1. The molecule has 1 saturated carbocycles. The summed E-state index contributed by atoms with van der Waals surface area (Å²) in [6.07, 6.45) is 2.00. The van der Waals surface area contributed by atoms with Gasteiger partial charge in [-0.25, -0.2) is 4.98 Å². The highest BCUT2D eigenvalue weighted by atomic mass is 32.2. The number of carboxylic acids is 1. The highest BCUT2D eigenvalue weighted by molar-refractivity contribution is 7.99. The second-order valence-corrected chi connectivity index (χ2v) is 6.49. The summed E-state index contributed by atoms with van der Waals surface area (Å²) in [5, 5.41) is 13.8. The molecule has 1 heterocycles. The molecule has 0 amide bonds. The van der Waals surface area contributed by atoms with Crippen molar-refractivity contribution in [2.24, 2.45) is 5.92 Å². The smallest absolute Gasteiger partial charge is 0.325 e. The van der Waals surface area contributed by atoms with E-state index >= 15 is 0 Å². The number of hydrogen-bond acceptors (Lipinski definition) is 4. The van der Waals surface area contributed by atoms with Gasteiger partial charge in [-0.05, 0) is 56.8 Å². The number of aromatic nitrogens is 1. The average molecular weight is 294 g/mol. The van der Waals surface area contributed by atoms with Crippen LogP contribution in [0.4, 0.5) is 0 Å². The molecule has 5 heteroatoms. The van der Waals surface area contributed by atoms with Crippen molar-refractivity contribution >= 4 is 17.7 Å². The summed E-state index contributed by atoms with van der Waals surface area (Å²) in [5.41, 5.74) is 1.33. The Balaban J connectivity index is 2.14. The van der Waals surface area contributed by atoms with Crippen LogP contribution in [-0.4, -0.2) is 33.9 Å². The Kier molecular flexibility index (Phi) is 4.70. The Morgan fingerprint density at radius 1 is 1.50 bits per heavy atom. The van der Waals surface area contributed by atoms with E-state index in [-0.39, 0.29) is 5.92 Å². The molecule has 2 N–H and O–H groups in total. The Labute approximate surface area is 124 Å². The van der Waals surface area contributed by atoms with Gasteiger partial charge < -0.3 is 10.4 Å². The molecule has 1 aromatic heterocycles. The van der Waals surface area contributed by atoms with Crippen molar-refractivity contribution in [2.45, 2.75) is 44.2 Å². The first-order chi connectivity index (χ1) is 9.48. The first kappa shape index (κ1) is 15.3.